The monoisotopic (exact) mass is 954 g/mol. The Morgan fingerprint density at radius 3 is 1.66 bits per heavy atom. The number of hydrogen-bond acceptors (Lipinski definition) is 14. The molecule has 0 atom stereocenters. The molecule has 0 saturated heterocycles. The first-order valence-electron chi connectivity index (χ1n) is 21.4. The summed E-state index contributed by atoms with van der Waals surface area (Å²) in [5, 5.41) is 25.9. The number of nitrogens with zero attached hydrogens (tertiary/aromatic N) is 4. The number of alkyl carbamates (subject to hydrolysis) is 2. The number of aryl methyl sites for hydroxylation is 4. The third-order valence-corrected chi connectivity index (χ3v) is 10.1. The van der Waals surface area contributed by atoms with Gasteiger partial charge in [0.2, 0.25) is 29.6 Å². The van der Waals surface area contributed by atoms with Crippen molar-refractivity contribution in [2.75, 3.05) is 47.6 Å². The van der Waals surface area contributed by atoms with Crippen LogP contribution in [0.2, 0.25) is 5.15 Å². The quantitative estimate of drug-likeness (QED) is 0.0441. The maximum absolute atomic E-state index is 11.8. The fourth-order valence-corrected chi connectivity index (χ4v) is 6.43. The Labute approximate surface area is 422 Å². The maximum Gasteiger partial charge on any atom is 1.00 e. The Hall–Kier alpha value is -6.83. The van der Waals surface area contributed by atoms with Gasteiger partial charge in [-0.15, -0.1) is 0 Å². The Bertz CT molecular complexity index is 2640. The van der Waals surface area contributed by atoms with Crippen molar-refractivity contribution in [3.8, 4) is 5.88 Å². The second-order valence-electron chi connectivity index (χ2n) is 15.0. The molecule has 0 unspecified atom stereocenters. The SMILES string of the molecule is Cc1cnc(Nc2ccc3c(c2)CCC(=O)N3)nc1Cl.Cc1cnc(Nc2ccc3c(c2)CCC(=O)N3)nc1OCCNC(=O)OCc1ccccc1.O=C(NCCO)OCc1ccccc1.[H-].[Na+]. The van der Waals surface area contributed by atoms with Crippen LogP contribution in [0.5, 0.6) is 5.88 Å². The van der Waals surface area contributed by atoms with Gasteiger partial charge in [-0.3, -0.25) is 9.59 Å². The van der Waals surface area contributed by atoms with Crippen LogP contribution in [-0.2, 0) is 45.1 Å². The summed E-state index contributed by atoms with van der Waals surface area (Å²) in [5.41, 5.74) is 9.04. The number of benzene rings is 4. The minimum atomic E-state index is -0.511. The first-order chi connectivity index (χ1) is 32.5. The van der Waals surface area contributed by atoms with E-state index in [4.69, 9.17) is 30.9 Å². The summed E-state index contributed by atoms with van der Waals surface area (Å²) in [7, 11) is 0. The van der Waals surface area contributed by atoms with Crippen molar-refractivity contribution in [1.29, 1.82) is 0 Å². The van der Waals surface area contributed by atoms with Crippen LogP contribution in [0.15, 0.2) is 109 Å². The summed E-state index contributed by atoms with van der Waals surface area (Å²) in [5.74, 6) is 1.38. The van der Waals surface area contributed by atoms with Crippen LogP contribution in [0.1, 0.15) is 47.6 Å². The molecule has 20 heteroatoms. The van der Waals surface area contributed by atoms with Gasteiger partial charge in [0.15, 0.2) is 0 Å². The van der Waals surface area contributed by atoms with E-state index in [2.05, 4.69) is 51.8 Å². The molecule has 0 fully saturated rings. The molecule has 0 spiro atoms. The van der Waals surface area contributed by atoms with E-state index >= 15 is 0 Å². The van der Waals surface area contributed by atoms with Gasteiger partial charge in [0, 0.05) is 65.7 Å². The first-order valence-corrected chi connectivity index (χ1v) is 21.7. The molecule has 2 aromatic heterocycles. The van der Waals surface area contributed by atoms with E-state index in [9.17, 15) is 19.2 Å². The van der Waals surface area contributed by atoms with E-state index in [0.717, 1.165) is 62.6 Å². The minimum Gasteiger partial charge on any atom is -1.00 e. The van der Waals surface area contributed by atoms with Crippen molar-refractivity contribution < 1.29 is 69.5 Å². The number of ether oxygens (including phenoxy) is 3. The van der Waals surface area contributed by atoms with E-state index in [0.29, 0.717) is 42.2 Å². The molecule has 0 aliphatic carbocycles. The number of aliphatic hydroxyl groups is 1. The predicted molar refractivity (Wildman–Crippen MR) is 255 cm³/mol. The van der Waals surface area contributed by atoms with Gasteiger partial charge in [-0.05, 0) is 85.3 Å². The van der Waals surface area contributed by atoms with Crippen LogP contribution >= 0.6 is 11.6 Å². The number of aromatic nitrogens is 4. The number of carbonyl (C=O) groups excluding carboxylic acids is 4. The molecule has 6 aromatic rings. The van der Waals surface area contributed by atoms with Crippen LogP contribution in [0.25, 0.3) is 0 Å². The average Bonchev–Trinajstić information content (AvgIpc) is 3.34. The van der Waals surface area contributed by atoms with Crippen LogP contribution in [-0.4, -0.2) is 75.3 Å². The van der Waals surface area contributed by atoms with Gasteiger partial charge in [0.25, 0.3) is 0 Å². The standard InChI is InChI=1S/C24H25N5O4.C14H13ClN4O.C10H13NO3.Na.H/c1-16-14-26-23(27-19-8-9-20-18(13-19)7-10-21(30)28-20)29-22(16)32-12-11-25-24(31)33-15-17-5-3-2-4-6-17;1-8-7-16-14(19-13(8)15)17-10-3-4-11-9(6-10)2-5-12(20)18-11;12-7-6-11-10(13)14-8-9-4-2-1-3-5-9;;/h2-6,8-9,13-14H,7,10-12,15H2,1H3,(H,25,31)(H,28,30)(H,26,27,29);3-4,6-7H,2,5H2,1H3,(H,18,20)(H,16,17,19);1-5,12H,6-8H2,(H,11,13);;/q;;;+1;-1. The van der Waals surface area contributed by atoms with E-state index in [1.54, 1.807) is 12.4 Å². The third-order valence-electron chi connectivity index (χ3n) is 9.77. The summed E-state index contributed by atoms with van der Waals surface area (Å²) in [6.07, 6.45) is 4.76. The first kappa shape index (κ1) is 52.1. The van der Waals surface area contributed by atoms with E-state index in [-0.39, 0.29) is 82.3 Å². The Kier molecular flexibility index (Phi) is 20.8. The number of fused-ring (bicyclic) bond motifs is 2. The molecule has 0 saturated carbocycles. The molecule has 68 heavy (non-hydrogen) atoms. The molecule has 4 amide bonds. The molecule has 2 aliphatic heterocycles. The number of hydrogen-bond donors (Lipinski definition) is 7. The molecule has 4 heterocycles. The molecule has 0 bridgehead atoms. The fourth-order valence-electron chi connectivity index (χ4n) is 6.30. The summed E-state index contributed by atoms with van der Waals surface area (Å²) in [6, 6.07) is 30.3. The van der Waals surface area contributed by atoms with Gasteiger partial charge in [0.1, 0.15) is 25.0 Å². The van der Waals surface area contributed by atoms with Crippen LogP contribution < -0.4 is 66.2 Å². The van der Waals surface area contributed by atoms with Crippen LogP contribution in [0, 0.1) is 13.8 Å². The normalized spacial score (nSPS) is 11.9. The second kappa shape index (κ2) is 27.1. The largest absolute Gasteiger partial charge is 1.00 e. The number of carbonyl (C=O) groups is 4. The number of aliphatic hydroxyl groups excluding tert-OH is 1. The molecular formula is C48H52ClN10NaO8. The average molecular weight is 955 g/mol. The summed E-state index contributed by atoms with van der Waals surface area (Å²) >= 11 is 5.97. The fraction of sp³-hybridized carbons (Fsp3) is 0.250. The van der Waals surface area contributed by atoms with Crippen molar-refractivity contribution in [2.24, 2.45) is 0 Å². The molecule has 18 nitrogen and oxygen atoms in total. The molecule has 2 aliphatic rings. The van der Waals surface area contributed by atoms with Crippen molar-refractivity contribution in [3.05, 3.63) is 148 Å². The number of anilines is 6. The zero-order valence-electron chi connectivity index (χ0n) is 38.9. The molecule has 4 aromatic carbocycles. The summed E-state index contributed by atoms with van der Waals surface area (Å²) in [6.45, 7) is 4.80. The van der Waals surface area contributed by atoms with Gasteiger partial charge < -0.3 is 52.6 Å². The van der Waals surface area contributed by atoms with E-state index < -0.39 is 12.2 Å². The van der Waals surface area contributed by atoms with Crippen molar-refractivity contribution >= 4 is 70.2 Å². The van der Waals surface area contributed by atoms with E-state index in [1.165, 1.54) is 0 Å². The second-order valence-corrected chi connectivity index (χ2v) is 15.3. The zero-order valence-corrected chi connectivity index (χ0v) is 40.7. The molecule has 0 radical (unpaired) electrons. The van der Waals surface area contributed by atoms with Crippen molar-refractivity contribution in [3.63, 3.8) is 0 Å². The zero-order chi connectivity index (χ0) is 47.4. The number of rotatable bonds is 14. The van der Waals surface area contributed by atoms with E-state index in [1.807, 2.05) is 111 Å². The number of nitrogens with one attached hydrogen (secondary N) is 6. The van der Waals surface area contributed by atoms with Gasteiger partial charge in [-0.2, -0.15) is 4.98 Å². The van der Waals surface area contributed by atoms with Crippen molar-refractivity contribution in [2.45, 2.75) is 52.7 Å². The predicted octanol–water partition coefficient (Wildman–Crippen LogP) is 4.81. The van der Waals surface area contributed by atoms with Gasteiger partial charge in [0.05, 0.1) is 13.2 Å². The van der Waals surface area contributed by atoms with Gasteiger partial charge >= 0.3 is 41.7 Å². The van der Waals surface area contributed by atoms with Crippen LogP contribution in [0.4, 0.5) is 44.2 Å². The number of halogens is 1. The summed E-state index contributed by atoms with van der Waals surface area (Å²) in [4.78, 5) is 62.7. The van der Waals surface area contributed by atoms with Crippen LogP contribution in [0.3, 0.4) is 0 Å². The molecular weight excluding hydrogens is 903 g/mol. The van der Waals surface area contributed by atoms with Gasteiger partial charge in [-0.1, -0.05) is 72.3 Å². The summed E-state index contributed by atoms with van der Waals surface area (Å²) < 4.78 is 15.8. The van der Waals surface area contributed by atoms with Gasteiger partial charge in [-0.25, -0.2) is 24.5 Å². The minimum absolute atomic E-state index is 0. The van der Waals surface area contributed by atoms with Crippen molar-refractivity contribution in [1.82, 2.24) is 30.6 Å². The molecule has 7 N–H and O–H groups in total. The smallest absolute Gasteiger partial charge is 1.00 e. The third kappa shape index (κ3) is 17.1. The maximum atomic E-state index is 11.8. The topological polar surface area (TPSA) is 240 Å². The molecule has 8 rings (SSSR count). The Balaban J connectivity index is 0.000000245. The Morgan fingerprint density at radius 2 is 1.16 bits per heavy atom. The number of amides is 4. The Morgan fingerprint density at radius 1 is 0.676 bits per heavy atom. The molecule has 350 valence electrons.